The number of carbonyl (C=O) groups is 2. The molecule has 0 aromatic heterocycles. The Morgan fingerprint density at radius 2 is 2.08 bits per heavy atom. The molecule has 1 atom stereocenters. The highest BCUT2D eigenvalue weighted by Crippen LogP contribution is 1.89. The van der Waals surface area contributed by atoms with Gasteiger partial charge in [0.2, 0.25) is 5.91 Å². The van der Waals surface area contributed by atoms with Crippen LogP contribution < -0.4 is 10.6 Å². The third-order valence-electron chi connectivity index (χ3n) is 1.49. The Morgan fingerprint density at radius 1 is 1.50 bits per heavy atom. The second kappa shape index (κ2) is 5.54. The average molecular weight is 174 g/mol. The molecule has 0 spiro atoms. The van der Waals surface area contributed by atoms with Crippen molar-refractivity contribution < 1.29 is 14.7 Å². The lowest BCUT2D eigenvalue weighted by atomic mass is 10.2. The zero-order chi connectivity index (χ0) is 9.56. The Balaban J connectivity index is 3.73. The number of rotatable bonds is 5. The van der Waals surface area contributed by atoms with Gasteiger partial charge in [-0.3, -0.25) is 14.9 Å². The van der Waals surface area contributed by atoms with Crippen LogP contribution in [0, 0.1) is 0 Å². The zero-order valence-electron chi connectivity index (χ0n) is 7.26. The van der Waals surface area contributed by atoms with Gasteiger partial charge in [-0.25, -0.2) is 0 Å². The van der Waals surface area contributed by atoms with Crippen molar-refractivity contribution in [2.24, 2.45) is 0 Å². The van der Waals surface area contributed by atoms with Gasteiger partial charge >= 0.3 is 5.97 Å². The molecular formula is C7H14N2O3. The van der Waals surface area contributed by atoms with Crippen molar-refractivity contribution in [1.29, 1.82) is 0 Å². The van der Waals surface area contributed by atoms with Crippen molar-refractivity contribution in [2.75, 3.05) is 13.6 Å². The van der Waals surface area contributed by atoms with Gasteiger partial charge in [-0.05, 0) is 6.42 Å². The van der Waals surface area contributed by atoms with Gasteiger partial charge in [-0.2, -0.15) is 0 Å². The van der Waals surface area contributed by atoms with Crippen LogP contribution in [0.15, 0.2) is 0 Å². The van der Waals surface area contributed by atoms with E-state index in [1.165, 1.54) is 7.05 Å². The van der Waals surface area contributed by atoms with Crippen LogP contribution in [0.25, 0.3) is 0 Å². The van der Waals surface area contributed by atoms with Gasteiger partial charge in [-0.1, -0.05) is 6.92 Å². The molecule has 0 radical (unpaired) electrons. The fourth-order valence-corrected chi connectivity index (χ4v) is 0.711. The number of carboxylic acid groups (broad SMARTS) is 1. The summed E-state index contributed by atoms with van der Waals surface area (Å²) in [6.07, 6.45) is 0.465. The van der Waals surface area contributed by atoms with Crippen molar-refractivity contribution in [1.82, 2.24) is 10.6 Å². The van der Waals surface area contributed by atoms with Gasteiger partial charge in [0.1, 0.15) is 6.04 Å². The van der Waals surface area contributed by atoms with Crippen LogP contribution in [0.2, 0.25) is 0 Å². The molecule has 12 heavy (non-hydrogen) atoms. The van der Waals surface area contributed by atoms with E-state index < -0.39 is 12.0 Å². The van der Waals surface area contributed by atoms with Crippen molar-refractivity contribution in [2.45, 2.75) is 19.4 Å². The van der Waals surface area contributed by atoms with Crippen molar-refractivity contribution in [3.05, 3.63) is 0 Å². The predicted molar refractivity (Wildman–Crippen MR) is 43.8 cm³/mol. The van der Waals surface area contributed by atoms with Crippen molar-refractivity contribution in [3.8, 4) is 0 Å². The standard InChI is InChI=1S/C7H14N2O3/c1-3-5(7(11)12)9-4-6(10)8-2/h5,9H,3-4H2,1-2H3,(H,8,10)(H,11,12). The molecule has 0 aromatic carbocycles. The topological polar surface area (TPSA) is 78.4 Å². The first kappa shape index (κ1) is 10.9. The van der Waals surface area contributed by atoms with Crippen LogP contribution in [0.4, 0.5) is 0 Å². The molecule has 0 aliphatic heterocycles. The number of hydrogen-bond acceptors (Lipinski definition) is 3. The number of hydrogen-bond donors (Lipinski definition) is 3. The number of amides is 1. The fourth-order valence-electron chi connectivity index (χ4n) is 0.711. The van der Waals surface area contributed by atoms with E-state index in [-0.39, 0.29) is 12.5 Å². The molecule has 3 N–H and O–H groups in total. The lowest BCUT2D eigenvalue weighted by Crippen LogP contribution is -2.41. The van der Waals surface area contributed by atoms with Crippen LogP contribution in [0.5, 0.6) is 0 Å². The van der Waals surface area contributed by atoms with E-state index in [4.69, 9.17) is 5.11 Å². The molecule has 0 aliphatic carbocycles. The molecule has 0 aliphatic rings. The minimum atomic E-state index is -0.929. The van der Waals surface area contributed by atoms with E-state index in [9.17, 15) is 9.59 Å². The first-order valence-electron chi connectivity index (χ1n) is 3.78. The summed E-state index contributed by atoms with van der Waals surface area (Å²) in [6, 6.07) is -0.637. The Labute approximate surface area is 71.1 Å². The van der Waals surface area contributed by atoms with E-state index in [0.717, 1.165) is 0 Å². The first-order valence-corrected chi connectivity index (χ1v) is 3.78. The van der Waals surface area contributed by atoms with Crippen LogP contribution >= 0.6 is 0 Å². The van der Waals surface area contributed by atoms with Crippen LogP contribution in [0.1, 0.15) is 13.3 Å². The smallest absolute Gasteiger partial charge is 0.320 e. The highest BCUT2D eigenvalue weighted by Gasteiger charge is 2.14. The van der Waals surface area contributed by atoms with E-state index in [1.807, 2.05) is 0 Å². The predicted octanol–water partition coefficient (Wildman–Crippen LogP) is -0.815. The number of nitrogens with one attached hydrogen (secondary N) is 2. The molecule has 5 nitrogen and oxygen atoms in total. The SMILES string of the molecule is CCC(NCC(=O)NC)C(=O)O. The Hall–Kier alpha value is -1.10. The van der Waals surface area contributed by atoms with Crippen LogP contribution in [-0.4, -0.2) is 36.6 Å². The Morgan fingerprint density at radius 3 is 2.42 bits per heavy atom. The molecule has 1 amide bonds. The second-order valence-corrected chi connectivity index (χ2v) is 2.35. The third kappa shape index (κ3) is 3.92. The summed E-state index contributed by atoms with van der Waals surface area (Å²) in [5.41, 5.74) is 0. The molecule has 0 heterocycles. The Kier molecular flexibility index (Phi) is 5.03. The molecule has 0 fully saturated rings. The van der Waals surface area contributed by atoms with Crippen molar-refractivity contribution in [3.63, 3.8) is 0 Å². The zero-order valence-corrected chi connectivity index (χ0v) is 7.26. The maximum atomic E-state index is 10.7. The number of likely N-dealkylation sites (N-methyl/N-ethyl adjacent to an activating group) is 1. The summed E-state index contributed by atoms with van der Waals surface area (Å²) in [4.78, 5) is 21.1. The van der Waals surface area contributed by atoms with Crippen LogP contribution in [-0.2, 0) is 9.59 Å². The normalized spacial score (nSPS) is 12.2. The third-order valence-corrected chi connectivity index (χ3v) is 1.49. The largest absolute Gasteiger partial charge is 0.480 e. The van der Waals surface area contributed by atoms with Crippen LogP contribution in [0.3, 0.4) is 0 Å². The molecule has 1 unspecified atom stereocenters. The van der Waals surface area contributed by atoms with Gasteiger partial charge in [0.25, 0.3) is 0 Å². The maximum absolute atomic E-state index is 10.7. The number of carbonyl (C=O) groups excluding carboxylic acids is 1. The molecule has 0 saturated carbocycles. The minimum absolute atomic E-state index is 0.0430. The summed E-state index contributed by atoms with van der Waals surface area (Å²) in [7, 11) is 1.51. The molecule has 70 valence electrons. The lowest BCUT2D eigenvalue weighted by Gasteiger charge is -2.10. The van der Waals surface area contributed by atoms with Gasteiger partial charge in [0.15, 0.2) is 0 Å². The van der Waals surface area contributed by atoms with Crippen molar-refractivity contribution >= 4 is 11.9 Å². The van der Waals surface area contributed by atoms with E-state index >= 15 is 0 Å². The summed E-state index contributed by atoms with van der Waals surface area (Å²) >= 11 is 0. The first-order chi connectivity index (χ1) is 5.61. The van der Waals surface area contributed by atoms with Gasteiger partial charge in [-0.15, -0.1) is 0 Å². The molecular weight excluding hydrogens is 160 g/mol. The molecule has 0 rings (SSSR count). The quantitative estimate of drug-likeness (QED) is 0.509. The second-order valence-electron chi connectivity index (χ2n) is 2.35. The number of aliphatic carboxylic acids is 1. The summed E-state index contributed by atoms with van der Waals surface area (Å²) in [6.45, 7) is 1.79. The van der Waals surface area contributed by atoms with Gasteiger partial charge in [0, 0.05) is 7.05 Å². The highest BCUT2D eigenvalue weighted by atomic mass is 16.4. The molecule has 0 saturated heterocycles. The fraction of sp³-hybridized carbons (Fsp3) is 0.714. The average Bonchev–Trinajstić information content (AvgIpc) is 2.04. The minimum Gasteiger partial charge on any atom is -0.480 e. The van der Waals surface area contributed by atoms with Gasteiger partial charge in [0.05, 0.1) is 6.54 Å². The molecule has 5 heteroatoms. The molecule has 0 aromatic rings. The highest BCUT2D eigenvalue weighted by molar-refractivity contribution is 5.79. The summed E-state index contributed by atoms with van der Waals surface area (Å²) < 4.78 is 0. The monoisotopic (exact) mass is 174 g/mol. The summed E-state index contributed by atoms with van der Waals surface area (Å²) in [5.74, 6) is -1.14. The van der Waals surface area contributed by atoms with E-state index in [2.05, 4.69) is 10.6 Å². The number of carboxylic acids is 1. The lowest BCUT2D eigenvalue weighted by molar-refractivity contribution is -0.139. The van der Waals surface area contributed by atoms with Gasteiger partial charge < -0.3 is 10.4 Å². The Bertz CT molecular complexity index is 170. The molecule has 0 bridgehead atoms. The maximum Gasteiger partial charge on any atom is 0.320 e. The summed E-state index contributed by atoms with van der Waals surface area (Å²) in [5, 5.41) is 13.6. The van der Waals surface area contributed by atoms with E-state index in [1.54, 1.807) is 6.92 Å². The van der Waals surface area contributed by atoms with E-state index in [0.29, 0.717) is 6.42 Å².